The molecule has 2 N–H and O–H groups in total. The minimum Gasteiger partial charge on any atom is -0.349 e. The molecule has 0 bridgehead atoms. The Morgan fingerprint density at radius 1 is 1.21 bits per heavy atom. The minimum absolute atomic E-state index is 0.0514. The number of halogens is 2. The largest absolute Gasteiger partial charge is 0.349 e. The smallest absolute Gasteiger partial charge is 0.131 e. The van der Waals surface area contributed by atoms with Crippen molar-refractivity contribution in [3.63, 3.8) is 0 Å². The SMILES string of the molecule is NC1CCCc2cn(Cc3c(F)cccc3F)cc21. The van der Waals surface area contributed by atoms with Crippen molar-refractivity contribution in [1.29, 1.82) is 0 Å². The molecule has 2 nitrogen and oxygen atoms in total. The summed E-state index contributed by atoms with van der Waals surface area (Å²) in [5.41, 5.74) is 8.47. The van der Waals surface area contributed by atoms with Gasteiger partial charge in [0, 0.05) is 24.0 Å². The van der Waals surface area contributed by atoms with E-state index in [0.29, 0.717) is 0 Å². The second-order valence-corrected chi connectivity index (χ2v) is 5.11. The summed E-state index contributed by atoms with van der Waals surface area (Å²) in [6.45, 7) is 0.207. The number of nitrogens with two attached hydrogens (primary N) is 1. The van der Waals surface area contributed by atoms with Gasteiger partial charge >= 0.3 is 0 Å². The molecule has 19 heavy (non-hydrogen) atoms. The first-order valence-electron chi connectivity index (χ1n) is 6.52. The summed E-state index contributed by atoms with van der Waals surface area (Å²) < 4.78 is 29.1. The zero-order chi connectivity index (χ0) is 13.4. The third-order valence-electron chi connectivity index (χ3n) is 3.76. The fraction of sp³-hybridized carbons (Fsp3) is 0.333. The fourth-order valence-corrected chi connectivity index (χ4v) is 2.74. The van der Waals surface area contributed by atoms with Crippen molar-refractivity contribution >= 4 is 0 Å². The van der Waals surface area contributed by atoms with Crippen LogP contribution in [0.5, 0.6) is 0 Å². The number of benzene rings is 1. The van der Waals surface area contributed by atoms with Gasteiger partial charge in [-0.2, -0.15) is 0 Å². The van der Waals surface area contributed by atoms with E-state index in [1.807, 2.05) is 17.0 Å². The fourth-order valence-electron chi connectivity index (χ4n) is 2.74. The monoisotopic (exact) mass is 262 g/mol. The Labute approximate surface area is 110 Å². The topological polar surface area (TPSA) is 30.9 Å². The zero-order valence-electron chi connectivity index (χ0n) is 10.6. The van der Waals surface area contributed by atoms with E-state index < -0.39 is 11.6 Å². The van der Waals surface area contributed by atoms with Gasteiger partial charge in [0.2, 0.25) is 0 Å². The van der Waals surface area contributed by atoms with Crippen molar-refractivity contribution in [3.8, 4) is 0 Å². The molecule has 0 amide bonds. The van der Waals surface area contributed by atoms with Gasteiger partial charge < -0.3 is 10.3 Å². The lowest BCUT2D eigenvalue weighted by molar-refractivity contribution is 0.544. The number of rotatable bonds is 2. The van der Waals surface area contributed by atoms with Crippen LogP contribution in [0.2, 0.25) is 0 Å². The highest BCUT2D eigenvalue weighted by Crippen LogP contribution is 2.29. The van der Waals surface area contributed by atoms with Gasteiger partial charge in [-0.05, 0) is 42.5 Å². The van der Waals surface area contributed by atoms with Gasteiger partial charge in [-0.3, -0.25) is 0 Å². The van der Waals surface area contributed by atoms with Gasteiger partial charge in [0.15, 0.2) is 0 Å². The Balaban J connectivity index is 1.92. The van der Waals surface area contributed by atoms with E-state index in [1.54, 1.807) is 0 Å². The Morgan fingerprint density at radius 3 is 2.63 bits per heavy atom. The predicted octanol–water partition coefficient (Wildman–Crippen LogP) is 3.15. The van der Waals surface area contributed by atoms with Gasteiger partial charge in [0.1, 0.15) is 11.6 Å². The van der Waals surface area contributed by atoms with Crippen LogP contribution in [0.3, 0.4) is 0 Å². The molecule has 0 aliphatic heterocycles. The van der Waals surface area contributed by atoms with Crippen molar-refractivity contribution in [3.05, 3.63) is 58.9 Å². The lowest BCUT2D eigenvalue weighted by atomic mass is 9.92. The molecule has 1 aromatic heterocycles. The van der Waals surface area contributed by atoms with Crippen LogP contribution in [-0.4, -0.2) is 4.57 Å². The highest BCUT2D eigenvalue weighted by Gasteiger charge is 2.19. The molecular weight excluding hydrogens is 246 g/mol. The summed E-state index contributed by atoms with van der Waals surface area (Å²) in [5.74, 6) is -1.01. The molecule has 1 aliphatic rings. The van der Waals surface area contributed by atoms with Crippen molar-refractivity contribution in [2.24, 2.45) is 5.73 Å². The highest BCUT2D eigenvalue weighted by atomic mass is 19.1. The molecule has 0 saturated heterocycles. The molecule has 1 heterocycles. The summed E-state index contributed by atoms with van der Waals surface area (Å²) in [7, 11) is 0. The second-order valence-electron chi connectivity index (χ2n) is 5.11. The normalized spacial score (nSPS) is 18.4. The van der Waals surface area contributed by atoms with Crippen molar-refractivity contribution in [2.45, 2.75) is 31.8 Å². The standard InChI is InChI=1S/C15H16F2N2/c16-13-4-2-5-14(17)12(13)9-19-7-10-3-1-6-15(18)11(10)8-19/h2,4-5,7-8,15H,1,3,6,9,18H2. The van der Waals surface area contributed by atoms with Crippen molar-refractivity contribution in [2.75, 3.05) is 0 Å². The molecule has 0 spiro atoms. The van der Waals surface area contributed by atoms with E-state index in [2.05, 4.69) is 0 Å². The molecule has 1 unspecified atom stereocenters. The number of aromatic nitrogens is 1. The summed E-state index contributed by atoms with van der Waals surface area (Å²) in [6.07, 6.45) is 6.93. The first-order chi connectivity index (χ1) is 9.15. The van der Waals surface area contributed by atoms with E-state index >= 15 is 0 Å². The number of aryl methyl sites for hydroxylation is 1. The van der Waals surface area contributed by atoms with Gasteiger partial charge in [-0.25, -0.2) is 8.78 Å². The first kappa shape index (κ1) is 12.4. The second kappa shape index (κ2) is 4.78. The molecule has 0 radical (unpaired) electrons. The maximum Gasteiger partial charge on any atom is 0.131 e. The van der Waals surface area contributed by atoms with Crippen LogP contribution in [0.15, 0.2) is 30.6 Å². The molecule has 2 aromatic rings. The zero-order valence-corrected chi connectivity index (χ0v) is 10.6. The van der Waals surface area contributed by atoms with Crippen LogP contribution in [0.25, 0.3) is 0 Å². The van der Waals surface area contributed by atoms with Gasteiger partial charge in [-0.1, -0.05) is 6.07 Å². The van der Waals surface area contributed by atoms with E-state index in [9.17, 15) is 8.78 Å². The predicted molar refractivity (Wildman–Crippen MR) is 69.8 cm³/mol. The number of nitrogens with zero attached hydrogens (tertiary/aromatic N) is 1. The van der Waals surface area contributed by atoms with E-state index in [1.165, 1.54) is 23.8 Å². The number of hydrogen-bond acceptors (Lipinski definition) is 1. The highest BCUT2D eigenvalue weighted by molar-refractivity contribution is 5.31. The van der Waals surface area contributed by atoms with Crippen LogP contribution in [0.1, 0.15) is 35.6 Å². The molecule has 100 valence electrons. The van der Waals surface area contributed by atoms with Crippen LogP contribution >= 0.6 is 0 Å². The maximum absolute atomic E-state index is 13.6. The molecular formula is C15H16F2N2. The molecule has 1 aromatic carbocycles. The molecule has 0 fully saturated rings. The average Bonchev–Trinajstić information content (AvgIpc) is 2.78. The number of hydrogen-bond donors (Lipinski definition) is 1. The van der Waals surface area contributed by atoms with E-state index in [0.717, 1.165) is 24.8 Å². The maximum atomic E-state index is 13.6. The minimum atomic E-state index is -0.504. The Kier molecular flexibility index (Phi) is 3.11. The van der Waals surface area contributed by atoms with Crippen LogP contribution in [0, 0.1) is 11.6 Å². The van der Waals surface area contributed by atoms with E-state index in [4.69, 9.17) is 5.73 Å². The third-order valence-corrected chi connectivity index (χ3v) is 3.76. The summed E-state index contributed by atoms with van der Waals surface area (Å²) >= 11 is 0. The summed E-state index contributed by atoms with van der Waals surface area (Å²) in [5, 5.41) is 0. The quantitative estimate of drug-likeness (QED) is 0.885. The van der Waals surface area contributed by atoms with Gasteiger partial charge in [-0.15, -0.1) is 0 Å². The lowest BCUT2D eigenvalue weighted by Crippen LogP contribution is -2.15. The summed E-state index contributed by atoms with van der Waals surface area (Å²) in [4.78, 5) is 0. The van der Waals surface area contributed by atoms with Crippen molar-refractivity contribution < 1.29 is 8.78 Å². The number of fused-ring (bicyclic) bond motifs is 1. The lowest BCUT2D eigenvalue weighted by Gasteiger charge is -2.17. The van der Waals surface area contributed by atoms with E-state index in [-0.39, 0.29) is 18.2 Å². The Hall–Kier alpha value is -1.68. The van der Waals surface area contributed by atoms with Crippen LogP contribution in [-0.2, 0) is 13.0 Å². The molecule has 3 rings (SSSR count). The van der Waals surface area contributed by atoms with Gasteiger partial charge in [0.05, 0.1) is 6.54 Å². The molecule has 1 aliphatic carbocycles. The molecule has 4 heteroatoms. The van der Waals surface area contributed by atoms with Crippen LogP contribution < -0.4 is 5.73 Å². The Bertz CT molecular complexity index is 584. The molecule has 1 atom stereocenters. The third kappa shape index (κ3) is 2.28. The van der Waals surface area contributed by atoms with Crippen molar-refractivity contribution in [1.82, 2.24) is 4.57 Å². The average molecular weight is 262 g/mol. The molecule has 0 saturated carbocycles. The summed E-state index contributed by atoms with van der Waals surface area (Å²) in [6, 6.07) is 4.00. The van der Waals surface area contributed by atoms with Crippen LogP contribution in [0.4, 0.5) is 8.78 Å². The first-order valence-corrected chi connectivity index (χ1v) is 6.52. The van der Waals surface area contributed by atoms with Gasteiger partial charge in [0.25, 0.3) is 0 Å². The Morgan fingerprint density at radius 2 is 1.95 bits per heavy atom.